The fourth-order valence-electron chi connectivity index (χ4n) is 2.10. The van der Waals surface area contributed by atoms with Crippen LogP contribution >= 0.6 is 0 Å². The van der Waals surface area contributed by atoms with Crippen LogP contribution in [0.4, 0.5) is 0 Å². The Morgan fingerprint density at radius 1 is 1.27 bits per heavy atom. The first kappa shape index (κ1) is 10.5. The van der Waals surface area contributed by atoms with E-state index in [0.717, 1.165) is 18.9 Å². The zero-order valence-corrected chi connectivity index (χ0v) is 9.33. The highest BCUT2D eigenvalue weighted by Gasteiger charge is 2.13. The summed E-state index contributed by atoms with van der Waals surface area (Å²) >= 11 is 0. The molecule has 0 radical (unpaired) electrons. The molecule has 0 unspecified atom stereocenters. The van der Waals surface area contributed by atoms with Crippen molar-refractivity contribution in [2.45, 2.75) is 32.2 Å². The summed E-state index contributed by atoms with van der Waals surface area (Å²) in [5, 5.41) is 3.55. The average Bonchev–Trinajstić information content (AvgIpc) is 2.32. The summed E-state index contributed by atoms with van der Waals surface area (Å²) in [6.07, 6.45) is 3.91. The Morgan fingerprint density at radius 3 is 2.67 bits per heavy atom. The van der Waals surface area contributed by atoms with Crippen molar-refractivity contribution in [3.63, 3.8) is 0 Å². The van der Waals surface area contributed by atoms with Gasteiger partial charge in [0.05, 0.1) is 6.61 Å². The van der Waals surface area contributed by atoms with E-state index in [4.69, 9.17) is 4.74 Å². The van der Waals surface area contributed by atoms with Gasteiger partial charge in [0.1, 0.15) is 5.75 Å². The van der Waals surface area contributed by atoms with E-state index in [1.54, 1.807) is 0 Å². The molecule has 1 N–H and O–H groups in total. The van der Waals surface area contributed by atoms with E-state index in [-0.39, 0.29) is 0 Å². The number of nitrogens with one attached hydrogen (secondary N) is 1. The molecule has 1 heterocycles. The molecule has 1 aliphatic heterocycles. The lowest BCUT2D eigenvalue weighted by Crippen LogP contribution is -2.26. The molecular weight excluding hydrogens is 186 g/mol. The maximum absolute atomic E-state index is 5.43. The molecule has 0 amide bonds. The molecule has 1 atom stereocenters. The van der Waals surface area contributed by atoms with Crippen LogP contribution in [0.1, 0.15) is 37.8 Å². The Hall–Kier alpha value is -1.02. The molecule has 2 nitrogen and oxygen atoms in total. The van der Waals surface area contributed by atoms with Crippen molar-refractivity contribution < 1.29 is 4.74 Å². The second kappa shape index (κ2) is 5.17. The summed E-state index contributed by atoms with van der Waals surface area (Å²) in [7, 11) is 0. The zero-order valence-electron chi connectivity index (χ0n) is 9.33. The summed E-state index contributed by atoms with van der Waals surface area (Å²) in [4.78, 5) is 0. The molecule has 0 saturated carbocycles. The molecule has 0 spiro atoms. The molecule has 15 heavy (non-hydrogen) atoms. The lowest BCUT2D eigenvalue weighted by atomic mass is 9.98. The first-order valence-electron chi connectivity index (χ1n) is 5.86. The van der Waals surface area contributed by atoms with Crippen molar-refractivity contribution >= 4 is 0 Å². The van der Waals surface area contributed by atoms with Gasteiger partial charge in [-0.05, 0) is 44.0 Å². The van der Waals surface area contributed by atoms with Gasteiger partial charge >= 0.3 is 0 Å². The number of benzene rings is 1. The molecule has 82 valence electrons. The van der Waals surface area contributed by atoms with E-state index in [9.17, 15) is 0 Å². The van der Waals surface area contributed by atoms with Crippen LogP contribution in [0.2, 0.25) is 0 Å². The second-order valence-electron chi connectivity index (χ2n) is 4.00. The van der Waals surface area contributed by atoms with Gasteiger partial charge in [0.2, 0.25) is 0 Å². The molecule has 1 aromatic rings. The van der Waals surface area contributed by atoms with E-state index in [1.807, 2.05) is 6.92 Å². The molecule has 0 aliphatic carbocycles. The van der Waals surface area contributed by atoms with Gasteiger partial charge in [-0.3, -0.25) is 0 Å². The molecule has 0 bridgehead atoms. The van der Waals surface area contributed by atoms with Gasteiger partial charge in [0.15, 0.2) is 0 Å². The maximum Gasteiger partial charge on any atom is 0.119 e. The van der Waals surface area contributed by atoms with Crippen molar-refractivity contribution in [2.24, 2.45) is 0 Å². The third kappa shape index (κ3) is 2.72. The van der Waals surface area contributed by atoms with Gasteiger partial charge in [0.25, 0.3) is 0 Å². The van der Waals surface area contributed by atoms with Gasteiger partial charge < -0.3 is 10.1 Å². The number of ether oxygens (including phenoxy) is 1. The lowest BCUT2D eigenvalue weighted by Gasteiger charge is -2.23. The van der Waals surface area contributed by atoms with Crippen molar-refractivity contribution in [2.75, 3.05) is 13.2 Å². The van der Waals surface area contributed by atoms with E-state index in [1.165, 1.54) is 24.8 Å². The maximum atomic E-state index is 5.43. The lowest BCUT2D eigenvalue weighted by molar-refractivity contribution is 0.339. The predicted molar refractivity (Wildman–Crippen MR) is 62.2 cm³/mol. The van der Waals surface area contributed by atoms with E-state index >= 15 is 0 Å². The molecule has 2 heteroatoms. The smallest absolute Gasteiger partial charge is 0.119 e. The van der Waals surface area contributed by atoms with Crippen LogP contribution in [0, 0.1) is 0 Å². The molecule has 1 saturated heterocycles. The standard InChI is InChI=1S/C13H19NO/c1-2-15-12-8-6-11(7-9-12)13-5-3-4-10-14-13/h6-9,13-14H,2-5,10H2,1H3/t13-/m1/s1. The average molecular weight is 205 g/mol. The van der Waals surface area contributed by atoms with Crippen LogP contribution in [0.15, 0.2) is 24.3 Å². The Balaban J connectivity index is 2.02. The van der Waals surface area contributed by atoms with E-state index < -0.39 is 0 Å². The molecule has 2 rings (SSSR count). The molecule has 1 fully saturated rings. The first-order chi connectivity index (χ1) is 7.40. The molecule has 1 aliphatic rings. The largest absolute Gasteiger partial charge is 0.494 e. The van der Waals surface area contributed by atoms with Crippen molar-refractivity contribution in [3.8, 4) is 5.75 Å². The molecular formula is C13H19NO. The summed E-state index contributed by atoms with van der Waals surface area (Å²) in [5.74, 6) is 0.969. The number of rotatable bonds is 3. The minimum absolute atomic E-state index is 0.550. The van der Waals surface area contributed by atoms with E-state index in [2.05, 4.69) is 29.6 Å². The van der Waals surface area contributed by atoms with Gasteiger partial charge in [-0.2, -0.15) is 0 Å². The summed E-state index contributed by atoms with van der Waals surface area (Å²) in [6, 6.07) is 9.03. The number of hydrogen-bond acceptors (Lipinski definition) is 2. The first-order valence-corrected chi connectivity index (χ1v) is 5.86. The predicted octanol–water partition coefficient (Wildman–Crippen LogP) is 2.90. The summed E-state index contributed by atoms with van der Waals surface area (Å²) in [5.41, 5.74) is 1.39. The van der Waals surface area contributed by atoms with Crippen molar-refractivity contribution in [1.29, 1.82) is 0 Å². The van der Waals surface area contributed by atoms with Crippen molar-refractivity contribution in [1.82, 2.24) is 5.32 Å². The number of piperidine rings is 1. The quantitative estimate of drug-likeness (QED) is 0.819. The minimum atomic E-state index is 0.550. The van der Waals surface area contributed by atoms with Crippen LogP contribution in [-0.4, -0.2) is 13.2 Å². The van der Waals surface area contributed by atoms with Crippen molar-refractivity contribution in [3.05, 3.63) is 29.8 Å². The van der Waals surface area contributed by atoms with Crippen LogP contribution in [0.5, 0.6) is 5.75 Å². The monoisotopic (exact) mass is 205 g/mol. The van der Waals surface area contributed by atoms with Crippen LogP contribution < -0.4 is 10.1 Å². The number of hydrogen-bond donors (Lipinski definition) is 1. The van der Waals surface area contributed by atoms with Crippen LogP contribution in [0.3, 0.4) is 0 Å². The summed E-state index contributed by atoms with van der Waals surface area (Å²) < 4.78 is 5.43. The third-order valence-corrected chi connectivity index (χ3v) is 2.90. The SMILES string of the molecule is CCOc1ccc([C@H]2CCCCN2)cc1. The fraction of sp³-hybridized carbons (Fsp3) is 0.538. The Labute approximate surface area is 91.6 Å². The fourth-order valence-corrected chi connectivity index (χ4v) is 2.10. The highest BCUT2D eigenvalue weighted by molar-refractivity contribution is 5.29. The van der Waals surface area contributed by atoms with Crippen LogP contribution in [0.25, 0.3) is 0 Å². The topological polar surface area (TPSA) is 21.3 Å². The normalized spacial score (nSPS) is 21.3. The highest BCUT2D eigenvalue weighted by atomic mass is 16.5. The minimum Gasteiger partial charge on any atom is -0.494 e. The van der Waals surface area contributed by atoms with Gasteiger partial charge in [-0.1, -0.05) is 18.6 Å². The molecule has 0 aromatic heterocycles. The zero-order chi connectivity index (χ0) is 10.5. The third-order valence-electron chi connectivity index (χ3n) is 2.90. The second-order valence-corrected chi connectivity index (χ2v) is 4.00. The Kier molecular flexibility index (Phi) is 3.62. The van der Waals surface area contributed by atoms with Gasteiger partial charge in [-0.25, -0.2) is 0 Å². The Morgan fingerprint density at radius 2 is 2.07 bits per heavy atom. The Bertz CT molecular complexity index is 288. The highest BCUT2D eigenvalue weighted by Crippen LogP contribution is 2.24. The molecule has 1 aromatic carbocycles. The summed E-state index contributed by atoms with van der Waals surface area (Å²) in [6.45, 7) is 3.90. The van der Waals surface area contributed by atoms with Gasteiger partial charge in [0, 0.05) is 6.04 Å². The van der Waals surface area contributed by atoms with Crippen LogP contribution in [-0.2, 0) is 0 Å². The van der Waals surface area contributed by atoms with Gasteiger partial charge in [-0.15, -0.1) is 0 Å². The van der Waals surface area contributed by atoms with E-state index in [0.29, 0.717) is 6.04 Å².